The molecule has 0 aliphatic carbocycles. The number of aliphatic imine (C=N–C) groups is 1. The van der Waals surface area contributed by atoms with Gasteiger partial charge in [0.05, 0.1) is 5.71 Å². The van der Waals surface area contributed by atoms with E-state index in [1.165, 1.54) is 4.90 Å². The molecule has 0 aliphatic rings. The average molecular weight is 487 g/mol. The molecule has 2 rings (SSSR count). The minimum atomic E-state index is 0.0700. The van der Waals surface area contributed by atoms with E-state index >= 15 is 0 Å². The number of amides is 1. The molecule has 0 spiro atoms. The van der Waals surface area contributed by atoms with Gasteiger partial charge >= 0.3 is 0 Å². The molecule has 0 atom stereocenters. The summed E-state index contributed by atoms with van der Waals surface area (Å²) in [4.78, 5) is 16.5. The smallest absolute Gasteiger partial charge is 0.223 e. The number of hydrogen-bond acceptors (Lipinski definition) is 3. The second kappa shape index (κ2) is 19.2. The SMILES string of the molecule is C/C=C/Sc1ccccc1C(=NC)c1ccc(Cl)cc1.C=CCC(=O)NCCC(C)C.CC. The molecule has 1 N–H and O–H groups in total. The maximum absolute atomic E-state index is 10.8. The lowest BCUT2D eigenvalue weighted by molar-refractivity contribution is -0.120. The van der Waals surface area contributed by atoms with Crippen molar-refractivity contribution in [3.05, 3.63) is 88.8 Å². The minimum Gasteiger partial charge on any atom is -0.356 e. The topological polar surface area (TPSA) is 41.5 Å². The minimum absolute atomic E-state index is 0.0700. The fourth-order valence-corrected chi connectivity index (χ4v) is 3.48. The van der Waals surface area contributed by atoms with E-state index in [0.29, 0.717) is 12.3 Å². The molecule has 0 saturated heterocycles. The van der Waals surface area contributed by atoms with Crippen LogP contribution in [0.4, 0.5) is 0 Å². The lowest BCUT2D eigenvalue weighted by atomic mass is 10.0. The Hall–Kier alpha value is -2.30. The molecule has 5 heteroatoms. The first-order valence-electron chi connectivity index (χ1n) is 11.4. The van der Waals surface area contributed by atoms with Crippen LogP contribution in [-0.4, -0.2) is 25.2 Å². The largest absolute Gasteiger partial charge is 0.356 e. The Bertz CT molecular complexity index is 874. The van der Waals surface area contributed by atoms with Crippen LogP contribution in [0.15, 0.2) is 82.6 Å². The lowest BCUT2D eigenvalue weighted by Gasteiger charge is -2.10. The van der Waals surface area contributed by atoms with Crippen molar-refractivity contribution >= 4 is 35.0 Å². The van der Waals surface area contributed by atoms with Gasteiger partial charge in [-0.2, -0.15) is 0 Å². The molecule has 0 aliphatic heterocycles. The second-order valence-electron chi connectivity index (χ2n) is 7.19. The van der Waals surface area contributed by atoms with Crippen LogP contribution < -0.4 is 5.32 Å². The van der Waals surface area contributed by atoms with Crippen LogP contribution in [0, 0.1) is 5.92 Å². The number of carbonyl (C=O) groups excluding carboxylic acids is 1. The number of benzene rings is 2. The normalized spacial score (nSPS) is 10.7. The molecule has 0 heterocycles. The summed E-state index contributed by atoms with van der Waals surface area (Å²) in [6.45, 7) is 14.6. The number of thioether (sulfide) groups is 1. The van der Waals surface area contributed by atoms with Crippen LogP contribution in [-0.2, 0) is 4.79 Å². The summed E-state index contributed by atoms with van der Waals surface area (Å²) in [5.41, 5.74) is 3.19. The van der Waals surface area contributed by atoms with E-state index in [2.05, 4.69) is 48.3 Å². The van der Waals surface area contributed by atoms with Crippen LogP contribution >= 0.6 is 23.4 Å². The maximum Gasteiger partial charge on any atom is 0.223 e. The molecule has 0 radical (unpaired) electrons. The fourth-order valence-electron chi connectivity index (χ4n) is 2.62. The van der Waals surface area contributed by atoms with E-state index in [-0.39, 0.29) is 5.91 Å². The highest BCUT2D eigenvalue weighted by atomic mass is 35.5. The molecular formula is C28H39ClN2OS. The van der Waals surface area contributed by atoms with E-state index in [1.54, 1.807) is 17.8 Å². The third-order valence-electron chi connectivity index (χ3n) is 4.19. The Balaban J connectivity index is 0.000000673. The highest BCUT2D eigenvalue weighted by molar-refractivity contribution is 8.02. The molecular weight excluding hydrogens is 448 g/mol. The molecule has 0 saturated carbocycles. The highest BCUT2D eigenvalue weighted by Crippen LogP contribution is 2.26. The van der Waals surface area contributed by atoms with Crippen molar-refractivity contribution in [1.82, 2.24) is 5.32 Å². The van der Waals surface area contributed by atoms with E-state index in [1.807, 2.05) is 70.3 Å². The van der Waals surface area contributed by atoms with Crippen molar-refractivity contribution in [2.75, 3.05) is 13.6 Å². The molecule has 0 aromatic heterocycles. The van der Waals surface area contributed by atoms with Crippen molar-refractivity contribution in [1.29, 1.82) is 0 Å². The highest BCUT2D eigenvalue weighted by Gasteiger charge is 2.10. The molecule has 2 aromatic carbocycles. The number of allylic oxidation sites excluding steroid dienone is 1. The van der Waals surface area contributed by atoms with Gasteiger partial charge in [0.25, 0.3) is 0 Å². The Morgan fingerprint density at radius 1 is 1.15 bits per heavy atom. The van der Waals surface area contributed by atoms with Crippen LogP contribution in [0.5, 0.6) is 0 Å². The van der Waals surface area contributed by atoms with Crippen LogP contribution in [0.25, 0.3) is 0 Å². The van der Waals surface area contributed by atoms with Crippen LogP contribution in [0.3, 0.4) is 0 Å². The van der Waals surface area contributed by atoms with Crippen molar-refractivity contribution in [3.63, 3.8) is 0 Å². The zero-order chi connectivity index (χ0) is 25.1. The number of carbonyl (C=O) groups is 1. The van der Waals surface area contributed by atoms with E-state index < -0.39 is 0 Å². The predicted molar refractivity (Wildman–Crippen MR) is 149 cm³/mol. The number of nitrogens with zero attached hydrogens (tertiary/aromatic N) is 1. The first-order chi connectivity index (χ1) is 15.9. The van der Waals surface area contributed by atoms with Crippen molar-refractivity contribution < 1.29 is 4.79 Å². The molecule has 1 amide bonds. The zero-order valence-corrected chi connectivity index (χ0v) is 22.5. The molecule has 0 fully saturated rings. The summed E-state index contributed by atoms with van der Waals surface area (Å²) in [5.74, 6) is 0.722. The average Bonchev–Trinajstić information content (AvgIpc) is 2.82. The number of hydrogen-bond donors (Lipinski definition) is 1. The summed E-state index contributed by atoms with van der Waals surface area (Å²) in [6.07, 6.45) is 5.12. The van der Waals surface area contributed by atoms with Gasteiger partial charge in [-0.25, -0.2) is 0 Å². The second-order valence-corrected chi connectivity index (χ2v) is 8.57. The van der Waals surface area contributed by atoms with Gasteiger partial charge in [-0.1, -0.05) is 93.5 Å². The van der Waals surface area contributed by atoms with Gasteiger partial charge in [-0.3, -0.25) is 9.79 Å². The zero-order valence-electron chi connectivity index (χ0n) is 20.9. The van der Waals surface area contributed by atoms with E-state index in [0.717, 1.165) is 34.8 Å². The van der Waals surface area contributed by atoms with Gasteiger partial charge in [0.2, 0.25) is 5.91 Å². The third-order valence-corrected chi connectivity index (χ3v) is 5.46. The monoisotopic (exact) mass is 486 g/mol. The lowest BCUT2D eigenvalue weighted by Crippen LogP contribution is -2.24. The van der Waals surface area contributed by atoms with Crippen LogP contribution in [0.1, 0.15) is 58.6 Å². The molecule has 2 aromatic rings. The van der Waals surface area contributed by atoms with Gasteiger partial charge in [-0.15, -0.1) is 6.58 Å². The van der Waals surface area contributed by atoms with Gasteiger partial charge < -0.3 is 5.32 Å². The number of rotatable bonds is 9. The van der Waals surface area contributed by atoms with Gasteiger partial charge in [-0.05, 0) is 42.9 Å². The first-order valence-corrected chi connectivity index (χ1v) is 12.7. The van der Waals surface area contributed by atoms with E-state index in [9.17, 15) is 4.79 Å². The molecule has 0 bridgehead atoms. The fraction of sp³-hybridized carbons (Fsp3) is 0.357. The third kappa shape index (κ3) is 13.1. The van der Waals surface area contributed by atoms with Gasteiger partial charge in [0.1, 0.15) is 0 Å². The number of halogens is 1. The Kier molecular flexibility index (Phi) is 17.9. The summed E-state index contributed by atoms with van der Waals surface area (Å²) in [7, 11) is 1.82. The van der Waals surface area contributed by atoms with E-state index in [4.69, 9.17) is 11.6 Å². The van der Waals surface area contributed by atoms with Crippen molar-refractivity contribution in [3.8, 4) is 0 Å². The quantitative estimate of drug-likeness (QED) is 0.220. The Labute approximate surface area is 210 Å². The summed E-state index contributed by atoms with van der Waals surface area (Å²) in [5, 5.41) is 5.62. The Morgan fingerprint density at radius 3 is 2.33 bits per heavy atom. The van der Waals surface area contributed by atoms with Gasteiger partial charge in [0.15, 0.2) is 0 Å². The van der Waals surface area contributed by atoms with Crippen molar-refractivity contribution in [2.24, 2.45) is 10.9 Å². The molecule has 3 nitrogen and oxygen atoms in total. The van der Waals surface area contributed by atoms with Gasteiger partial charge in [0, 0.05) is 41.1 Å². The molecule has 0 unspecified atom stereocenters. The summed E-state index contributed by atoms with van der Waals surface area (Å²) >= 11 is 7.65. The first kappa shape index (κ1) is 30.7. The number of nitrogens with one attached hydrogen (secondary N) is 1. The summed E-state index contributed by atoms with van der Waals surface area (Å²) in [6, 6.07) is 16.1. The predicted octanol–water partition coefficient (Wildman–Crippen LogP) is 8.18. The molecule has 180 valence electrons. The van der Waals surface area contributed by atoms with Crippen molar-refractivity contribution in [2.45, 2.75) is 52.4 Å². The van der Waals surface area contributed by atoms with Crippen LogP contribution in [0.2, 0.25) is 5.02 Å². The molecule has 33 heavy (non-hydrogen) atoms. The maximum atomic E-state index is 10.8. The Morgan fingerprint density at radius 2 is 1.79 bits per heavy atom. The summed E-state index contributed by atoms with van der Waals surface area (Å²) < 4.78 is 0. The standard InChI is InChI=1S/C17H16ClNS.C9H17NO.C2H6/c1-3-12-20-16-7-5-4-6-15(16)17(19-2)13-8-10-14(18)11-9-13;1-4-5-9(11)10-7-6-8(2)3;1-2/h3-12H,1-2H3;4,8H,1,5-7H2,2-3H3,(H,10,11);1-2H3/b12-3+,19-17?;;.